The van der Waals surface area contributed by atoms with Crippen molar-refractivity contribution in [3.63, 3.8) is 0 Å². The van der Waals surface area contributed by atoms with Crippen molar-refractivity contribution < 1.29 is 29.6 Å². The van der Waals surface area contributed by atoms with E-state index in [-0.39, 0.29) is 0 Å². The Balaban J connectivity index is 0.000000660. The first kappa shape index (κ1) is 25.2. The molecule has 1 aromatic carbocycles. The topological polar surface area (TPSA) is 136 Å². The Labute approximate surface area is 157 Å². The second-order valence-electron chi connectivity index (χ2n) is 6.31. The zero-order valence-electron chi connectivity index (χ0n) is 15.5. The van der Waals surface area contributed by atoms with Crippen molar-refractivity contribution in [1.82, 2.24) is 0 Å². The maximum atomic E-state index is 8.90. The molecule has 0 heterocycles. The highest BCUT2D eigenvalue weighted by Crippen LogP contribution is 2.32. The van der Waals surface area contributed by atoms with Crippen LogP contribution in [0.1, 0.15) is 51.0 Å². The van der Waals surface area contributed by atoms with E-state index in [1.165, 1.54) is 32.1 Å². The molecule has 0 atom stereocenters. The lowest BCUT2D eigenvalue weighted by Crippen LogP contribution is -2.50. The number of rotatable bonds is 12. The van der Waals surface area contributed by atoms with Gasteiger partial charge in [0.1, 0.15) is 5.75 Å². The highest BCUT2D eigenvalue weighted by atomic mass is 31.2. The second kappa shape index (κ2) is 15.3. The predicted octanol–water partition coefficient (Wildman–Crippen LogP) is 1.84. The second-order valence-corrected chi connectivity index (χ2v) is 6.99. The van der Waals surface area contributed by atoms with E-state index < -0.39 is 34.0 Å². The van der Waals surface area contributed by atoms with Crippen molar-refractivity contribution in [2.45, 2.75) is 57.4 Å². The molecule has 0 unspecified atom stereocenters. The third-order valence-electron chi connectivity index (χ3n) is 3.90. The summed E-state index contributed by atoms with van der Waals surface area (Å²) < 4.78 is 5.02. The molecule has 0 saturated carbocycles. The molecule has 152 valence electrons. The Kier molecular flexibility index (Phi) is 14.8. The standard InChI is InChI=1S/C14H23O3P.C4H11NO3/c1-2-3-4-5-6-7-10-13-11-8-9-12-14(13)17-18(15)16;5-4(1-6,2-7)3-8/h8-9,11-12,15-16H,2-7,10H2,1H3;6-8H,1-3,5H2. The molecule has 0 radical (unpaired) electrons. The van der Waals surface area contributed by atoms with Gasteiger partial charge in [-0.15, -0.1) is 0 Å². The van der Waals surface area contributed by atoms with Crippen LogP contribution in [0.4, 0.5) is 0 Å². The van der Waals surface area contributed by atoms with E-state index in [1.807, 2.05) is 18.2 Å². The van der Waals surface area contributed by atoms with Crippen molar-refractivity contribution in [2.75, 3.05) is 19.8 Å². The lowest BCUT2D eigenvalue weighted by atomic mass is 10.0. The highest BCUT2D eigenvalue weighted by Gasteiger charge is 2.20. The van der Waals surface area contributed by atoms with E-state index in [1.54, 1.807) is 6.07 Å². The van der Waals surface area contributed by atoms with Gasteiger partial charge in [0.25, 0.3) is 0 Å². The first-order valence-electron chi connectivity index (χ1n) is 8.97. The summed E-state index contributed by atoms with van der Waals surface area (Å²) in [4.78, 5) is 17.8. The van der Waals surface area contributed by atoms with Crippen molar-refractivity contribution >= 4 is 8.60 Å². The van der Waals surface area contributed by atoms with Gasteiger partial charge >= 0.3 is 8.60 Å². The minimum absolute atomic E-state index is 0.403. The van der Waals surface area contributed by atoms with Crippen LogP contribution >= 0.6 is 8.60 Å². The normalized spacial score (nSPS) is 11.2. The van der Waals surface area contributed by atoms with Crippen LogP contribution in [-0.2, 0) is 6.42 Å². The molecule has 7 N–H and O–H groups in total. The third kappa shape index (κ3) is 11.8. The van der Waals surface area contributed by atoms with Gasteiger partial charge in [-0.05, 0) is 24.5 Å². The highest BCUT2D eigenvalue weighted by molar-refractivity contribution is 7.39. The van der Waals surface area contributed by atoms with Gasteiger partial charge in [0, 0.05) is 0 Å². The van der Waals surface area contributed by atoms with Crippen LogP contribution in [0, 0.1) is 0 Å². The van der Waals surface area contributed by atoms with E-state index >= 15 is 0 Å². The Morgan fingerprint density at radius 3 is 1.96 bits per heavy atom. The van der Waals surface area contributed by atoms with Crippen molar-refractivity contribution in [3.8, 4) is 5.75 Å². The third-order valence-corrected chi connectivity index (χ3v) is 4.26. The average Bonchev–Trinajstić information content (AvgIpc) is 2.65. The van der Waals surface area contributed by atoms with Gasteiger partial charge in [-0.25, -0.2) is 0 Å². The smallest absolute Gasteiger partial charge is 0.391 e. The summed E-state index contributed by atoms with van der Waals surface area (Å²) in [5.74, 6) is 0.599. The van der Waals surface area contributed by atoms with E-state index in [0.29, 0.717) is 5.75 Å². The fourth-order valence-electron chi connectivity index (χ4n) is 2.13. The molecule has 0 bridgehead atoms. The fraction of sp³-hybridized carbons (Fsp3) is 0.667. The van der Waals surface area contributed by atoms with E-state index in [0.717, 1.165) is 18.4 Å². The molecule has 0 saturated heterocycles. The van der Waals surface area contributed by atoms with Gasteiger partial charge in [-0.1, -0.05) is 57.2 Å². The summed E-state index contributed by atoms with van der Waals surface area (Å²) in [5, 5.41) is 25.0. The summed E-state index contributed by atoms with van der Waals surface area (Å²) in [6.45, 7) is 1.01. The molecule has 26 heavy (non-hydrogen) atoms. The van der Waals surface area contributed by atoms with Gasteiger partial charge in [0.2, 0.25) is 0 Å². The Morgan fingerprint density at radius 1 is 0.923 bits per heavy atom. The van der Waals surface area contributed by atoms with Crippen LogP contribution in [0.2, 0.25) is 0 Å². The lowest BCUT2D eigenvalue weighted by Gasteiger charge is -2.20. The molecule has 0 spiro atoms. The molecular formula is C18H34NO6P. The number of benzene rings is 1. The number of hydrogen-bond donors (Lipinski definition) is 6. The SMILES string of the molecule is CCCCCCCCc1ccccc1OP(O)O.NC(CO)(CO)CO. The van der Waals surface area contributed by atoms with Gasteiger partial charge in [0.15, 0.2) is 0 Å². The summed E-state index contributed by atoms with van der Waals surface area (Å²) >= 11 is 0. The van der Waals surface area contributed by atoms with Crippen molar-refractivity contribution in [3.05, 3.63) is 29.8 Å². The number of para-hydroxylation sites is 1. The molecule has 0 fully saturated rings. The van der Waals surface area contributed by atoms with Crippen LogP contribution < -0.4 is 10.3 Å². The first-order valence-corrected chi connectivity index (χ1v) is 10.1. The Morgan fingerprint density at radius 2 is 1.46 bits per heavy atom. The predicted molar refractivity (Wildman–Crippen MR) is 104 cm³/mol. The van der Waals surface area contributed by atoms with Crippen molar-refractivity contribution in [2.24, 2.45) is 5.73 Å². The Hall–Kier alpha value is -0.790. The fourth-order valence-corrected chi connectivity index (χ4v) is 2.49. The van der Waals surface area contributed by atoms with Gasteiger partial charge in [-0.3, -0.25) is 0 Å². The lowest BCUT2D eigenvalue weighted by molar-refractivity contribution is 0.0697. The molecule has 8 heteroatoms. The van der Waals surface area contributed by atoms with Gasteiger partial charge in [-0.2, -0.15) is 0 Å². The van der Waals surface area contributed by atoms with Gasteiger partial charge < -0.3 is 35.4 Å². The minimum atomic E-state index is -2.32. The largest absolute Gasteiger partial charge is 0.427 e. The number of aryl methyl sites for hydroxylation is 1. The van der Waals surface area contributed by atoms with Crippen LogP contribution in [0.25, 0.3) is 0 Å². The monoisotopic (exact) mass is 391 g/mol. The molecule has 0 aliphatic rings. The zero-order chi connectivity index (χ0) is 19.8. The van der Waals surface area contributed by atoms with Crippen LogP contribution in [0.5, 0.6) is 5.75 Å². The molecule has 0 amide bonds. The maximum Gasteiger partial charge on any atom is 0.391 e. The quantitative estimate of drug-likeness (QED) is 0.236. The molecule has 7 nitrogen and oxygen atoms in total. The van der Waals surface area contributed by atoms with Crippen LogP contribution in [0.15, 0.2) is 24.3 Å². The molecular weight excluding hydrogens is 357 g/mol. The van der Waals surface area contributed by atoms with E-state index in [4.69, 9.17) is 35.4 Å². The minimum Gasteiger partial charge on any atom is -0.427 e. The molecule has 1 aromatic rings. The number of hydrogen-bond acceptors (Lipinski definition) is 7. The van der Waals surface area contributed by atoms with E-state index in [9.17, 15) is 0 Å². The number of aliphatic hydroxyl groups excluding tert-OH is 3. The maximum absolute atomic E-state index is 8.90. The summed E-state index contributed by atoms with van der Waals surface area (Å²) in [6.07, 6.45) is 8.47. The summed E-state index contributed by atoms with van der Waals surface area (Å²) in [5.41, 5.74) is 5.00. The van der Waals surface area contributed by atoms with Gasteiger partial charge in [0.05, 0.1) is 25.4 Å². The van der Waals surface area contributed by atoms with Crippen LogP contribution in [0.3, 0.4) is 0 Å². The van der Waals surface area contributed by atoms with Crippen LogP contribution in [-0.4, -0.2) is 50.5 Å². The number of nitrogens with two attached hydrogens (primary N) is 1. The number of aliphatic hydroxyl groups is 3. The number of unbranched alkanes of at least 4 members (excludes halogenated alkanes) is 5. The Bertz CT molecular complexity index is 449. The average molecular weight is 391 g/mol. The molecule has 0 aliphatic carbocycles. The first-order chi connectivity index (χ1) is 12.4. The zero-order valence-corrected chi connectivity index (χ0v) is 16.4. The summed E-state index contributed by atoms with van der Waals surface area (Å²) in [7, 11) is -2.32. The van der Waals surface area contributed by atoms with E-state index in [2.05, 4.69) is 6.92 Å². The molecule has 0 aliphatic heterocycles. The molecule has 1 rings (SSSR count). The molecule has 0 aromatic heterocycles. The summed E-state index contributed by atoms with van der Waals surface area (Å²) in [6, 6.07) is 7.57. The van der Waals surface area contributed by atoms with Crippen molar-refractivity contribution in [1.29, 1.82) is 0 Å².